The number of nitrogens with one attached hydrogen (secondary N) is 1. The topological polar surface area (TPSA) is 55.4 Å². The largest absolute Gasteiger partial charge is 0.372 e. The molecular weight excluding hydrogens is 346 g/mol. The molecule has 1 aliphatic carbocycles. The molecule has 1 N–H and O–H groups in total. The zero-order valence-corrected chi connectivity index (χ0v) is 16.3. The summed E-state index contributed by atoms with van der Waals surface area (Å²) in [6, 6.07) is 15.3. The first-order valence-electron chi connectivity index (χ1n) is 9.23. The Kier molecular flexibility index (Phi) is 5.80. The van der Waals surface area contributed by atoms with Gasteiger partial charge in [0.1, 0.15) is 5.60 Å². The maximum absolute atomic E-state index is 12.9. The van der Waals surface area contributed by atoms with Gasteiger partial charge in [-0.15, -0.1) is 0 Å². The van der Waals surface area contributed by atoms with Crippen LogP contribution in [0.4, 0.5) is 0 Å². The summed E-state index contributed by atoms with van der Waals surface area (Å²) in [6.07, 6.45) is 4.97. The molecule has 0 spiro atoms. The van der Waals surface area contributed by atoms with E-state index in [1.165, 1.54) is 12.0 Å². The minimum absolute atomic E-state index is 0.198. The van der Waals surface area contributed by atoms with Crippen molar-refractivity contribution in [2.45, 2.75) is 49.5 Å². The second-order valence-corrected chi connectivity index (χ2v) is 8.65. The molecule has 2 aromatic rings. The molecule has 0 aromatic heterocycles. The highest BCUT2D eigenvalue weighted by molar-refractivity contribution is 7.89. The third-order valence-corrected chi connectivity index (χ3v) is 6.84. The molecule has 0 fully saturated rings. The van der Waals surface area contributed by atoms with Gasteiger partial charge in [0.05, 0.1) is 4.90 Å². The van der Waals surface area contributed by atoms with Crippen molar-refractivity contribution in [1.29, 1.82) is 0 Å². The molecule has 2 aromatic carbocycles. The molecule has 0 bridgehead atoms. The van der Waals surface area contributed by atoms with Gasteiger partial charge in [0.2, 0.25) is 10.0 Å². The molecule has 1 unspecified atom stereocenters. The Morgan fingerprint density at radius 2 is 1.73 bits per heavy atom. The van der Waals surface area contributed by atoms with Gasteiger partial charge in [-0.2, -0.15) is 0 Å². The Labute approximate surface area is 156 Å². The van der Waals surface area contributed by atoms with E-state index >= 15 is 0 Å². The standard InChI is InChI=1S/C21H27NO3S/c1-3-21(25-2,19-11-5-4-6-12-19)16-22-26(23,24)20-14-13-17-9-7-8-10-18(17)15-20/h4-6,11-15,22H,3,7-10,16H2,1-2H3. The summed E-state index contributed by atoms with van der Waals surface area (Å²) < 4.78 is 34.3. The van der Waals surface area contributed by atoms with Crippen LogP contribution in [0.1, 0.15) is 42.9 Å². The van der Waals surface area contributed by atoms with E-state index in [9.17, 15) is 8.42 Å². The second-order valence-electron chi connectivity index (χ2n) is 6.88. The number of ether oxygens (including phenoxy) is 1. The highest BCUT2D eigenvalue weighted by Crippen LogP contribution is 2.29. The number of rotatable bonds is 7. The number of hydrogen-bond acceptors (Lipinski definition) is 3. The van der Waals surface area contributed by atoms with Gasteiger partial charge in [-0.3, -0.25) is 0 Å². The van der Waals surface area contributed by atoms with Crippen LogP contribution in [-0.4, -0.2) is 22.1 Å². The van der Waals surface area contributed by atoms with Gasteiger partial charge in [-0.05, 0) is 60.9 Å². The van der Waals surface area contributed by atoms with E-state index in [-0.39, 0.29) is 6.54 Å². The van der Waals surface area contributed by atoms with Gasteiger partial charge in [-0.1, -0.05) is 43.3 Å². The minimum atomic E-state index is -3.59. The van der Waals surface area contributed by atoms with Gasteiger partial charge >= 0.3 is 0 Å². The molecule has 4 nitrogen and oxygen atoms in total. The molecule has 0 radical (unpaired) electrons. The van der Waals surface area contributed by atoms with Crippen molar-refractivity contribution < 1.29 is 13.2 Å². The number of benzene rings is 2. The molecule has 1 atom stereocenters. The first-order valence-corrected chi connectivity index (χ1v) is 10.7. The summed E-state index contributed by atoms with van der Waals surface area (Å²) in [7, 11) is -1.96. The summed E-state index contributed by atoms with van der Waals surface area (Å²) in [5, 5.41) is 0. The quantitative estimate of drug-likeness (QED) is 0.803. The fourth-order valence-electron chi connectivity index (χ4n) is 3.68. The number of sulfonamides is 1. The predicted molar refractivity (Wildman–Crippen MR) is 104 cm³/mol. The van der Waals surface area contributed by atoms with Crippen LogP contribution in [0, 0.1) is 0 Å². The lowest BCUT2D eigenvalue weighted by Crippen LogP contribution is -2.41. The first-order chi connectivity index (χ1) is 12.5. The molecule has 0 aliphatic heterocycles. The summed E-state index contributed by atoms with van der Waals surface area (Å²) >= 11 is 0. The van der Waals surface area contributed by atoms with Crippen molar-refractivity contribution in [3.05, 3.63) is 65.2 Å². The van der Waals surface area contributed by atoms with E-state index in [2.05, 4.69) is 4.72 Å². The molecule has 0 heterocycles. The van der Waals surface area contributed by atoms with Crippen molar-refractivity contribution in [2.75, 3.05) is 13.7 Å². The molecule has 0 saturated carbocycles. The second kappa shape index (κ2) is 7.91. The van der Waals surface area contributed by atoms with Crippen LogP contribution in [0.25, 0.3) is 0 Å². The van der Waals surface area contributed by atoms with E-state index in [0.717, 1.165) is 30.4 Å². The zero-order chi connectivity index (χ0) is 18.6. The fraction of sp³-hybridized carbons (Fsp3) is 0.429. The minimum Gasteiger partial charge on any atom is -0.372 e. The lowest BCUT2D eigenvalue weighted by atomic mass is 9.91. The van der Waals surface area contributed by atoms with Gasteiger partial charge in [0.15, 0.2) is 0 Å². The summed E-state index contributed by atoms with van der Waals surface area (Å²) in [5.41, 5.74) is 2.73. The molecule has 5 heteroatoms. The van der Waals surface area contributed by atoms with E-state index in [4.69, 9.17) is 4.74 Å². The van der Waals surface area contributed by atoms with Crippen molar-refractivity contribution in [3.8, 4) is 0 Å². The third kappa shape index (κ3) is 3.85. The maximum atomic E-state index is 12.9. The van der Waals surface area contributed by atoms with Crippen molar-refractivity contribution >= 4 is 10.0 Å². The molecule has 1 aliphatic rings. The summed E-state index contributed by atoms with van der Waals surface area (Å²) in [5.74, 6) is 0. The molecule has 3 rings (SSSR count). The lowest BCUT2D eigenvalue weighted by Gasteiger charge is -2.32. The van der Waals surface area contributed by atoms with Crippen LogP contribution in [-0.2, 0) is 33.2 Å². The maximum Gasteiger partial charge on any atom is 0.240 e. The van der Waals surface area contributed by atoms with Gasteiger partial charge in [0, 0.05) is 13.7 Å². The van der Waals surface area contributed by atoms with Gasteiger partial charge < -0.3 is 4.74 Å². The molecule has 26 heavy (non-hydrogen) atoms. The molecule has 140 valence electrons. The van der Waals surface area contributed by atoms with Crippen molar-refractivity contribution in [3.63, 3.8) is 0 Å². The fourth-order valence-corrected chi connectivity index (χ4v) is 4.81. The van der Waals surface area contributed by atoms with Crippen molar-refractivity contribution in [2.24, 2.45) is 0 Å². The summed E-state index contributed by atoms with van der Waals surface area (Å²) in [6.45, 7) is 2.20. The number of hydrogen-bond donors (Lipinski definition) is 1. The average Bonchev–Trinajstić information content (AvgIpc) is 2.69. The number of fused-ring (bicyclic) bond motifs is 1. The van der Waals surface area contributed by atoms with Crippen LogP contribution in [0.3, 0.4) is 0 Å². The number of aryl methyl sites for hydroxylation is 2. The van der Waals surface area contributed by atoms with Crippen LogP contribution in [0.5, 0.6) is 0 Å². The van der Waals surface area contributed by atoms with E-state index in [1.54, 1.807) is 13.2 Å². The Morgan fingerprint density at radius 1 is 1.04 bits per heavy atom. The van der Waals surface area contributed by atoms with Crippen LogP contribution in [0.2, 0.25) is 0 Å². The lowest BCUT2D eigenvalue weighted by molar-refractivity contribution is -0.0133. The molecular formula is C21H27NO3S. The van der Waals surface area contributed by atoms with E-state index < -0.39 is 15.6 Å². The molecule has 0 saturated heterocycles. The van der Waals surface area contributed by atoms with Gasteiger partial charge in [0.25, 0.3) is 0 Å². The van der Waals surface area contributed by atoms with Crippen LogP contribution in [0.15, 0.2) is 53.4 Å². The monoisotopic (exact) mass is 373 g/mol. The molecule has 0 amide bonds. The predicted octanol–water partition coefficient (Wildman–Crippen LogP) is 3.80. The average molecular weight is 374 g/mol. The van der Waals surface area contributed by atoms with Crippen molar-refractivity contribution in [1.82, 2.24) is 4.72 Å². The smallest absolute Gasteiger partial charge is 0.240 e. The highest BCUT2D eigenvalue weighted by Gasteiger charge is 2.32. The number of methoxy groups -OCH3 is 1. The Hall–Kier alpha value is -1.69. The Bertz CT molecular complexity index is 843. The Morgan fingerprint density at radius 3 is 2.38 bits per heavy atom. The normalized spacial score (nSPS) is 16.7. The highest BCUT2D eigenvalue weighted by atomic mass is 32.2. The van der Waals surface area contributed by atoms with Crippen LogP contribution >= 0.6 is 0 Å². The van der Waals surface area contributed by atoms with Gasteiger partial charge in [-0.25, -0.2) is 13.1 Å². The zero-order valence-electron chi connectivity index (χ0n) is 15.5. The van der Waals surface area contributed by atoms with E-state index in [0.29, 0.717) is 11.3 Å². The Balaban J connectivity index is 1.82. The third-order valence-electron chi connectivity index (χ3n) is 5.44. The van der Waals surface area contributed by atoms with Crippen LogP contribution < -0.4 is 4.72 Å². The van der Waals surface area contributed by atoms with E-state index in [1.807, 2.05) is 49.4 Å². The first kappa shape index (κ1) is 19.1. The SMILES string of the molecule is CCC(CNS(=O)(=O)c1ccc2c(c1)CCCC2)(OC)c1ccccc1. The summed E-state index contributed by atoms with van der Waals surface area (Å²) in [4.78, 5) is 0.340.